The van der Waals surface area contributed by atoms with Gasteiger partial charge in [-0.15, -0.1) is 0 Å². The van der Waals surface area contributed by atoms with E-state index < -0.39 is 5.97 Å². The first-order valence-corrected chi connectivity index (χ1v) is 6.87. The molecule has 0 aliphatic heterocycles. The summed E-state index contributed by atoms with van der Waals surface area (Å²) in [5.74, 6) is -1.53. The number of halogens is 1. The molecule has 5 heteroatoms. The predicted octanol–water partition coefficient (Wildman–Crippen LogP) is 3.82. The molecule has 0 radical (unpaired) electrons. The van der Waals surface area contributed by atoms with Gasteiger partial charge >= 0.3 is 5.97 Å². The molecular formula is C17H10ClNO3. The molecule has 0 aliphatic rings. The summed E-state index contributed by atoms with van der Waals surface area (Å²) in [4.78, 5) is 27.9. The van der Waals surface area contributed by atoms with E-state index in [4.69, 9.17) is 11.6 Å². The van der Waals surface area contributed by atoms with E-state index in [2.05, 4.69) is 4.98 Å². The number of nitrogens with zero attached hydrogens (tertiary/aromatic N) is 1. The second kappa shape index (κ2) is 5.58. The Labute approximate surface area is 131 Å². The van der Waals surface area contributed by atoms with Crippen LogP contribution < -0.4 is 0 Å². The first-order chi connectivity index (χ1) is 10.6. The third kappa shape index (κ3) is 2.56. The van der Waals surface area contributed by atoms with E-state index in [0.717, 1.165) is 0 Å². The highest BCUT2D eigenvalue weighted by atomic mass is 35.5. The van der Waals surface area contributed by atoms with Crippen LogP contribution in [0.25, 0.3) is 10.8 Å². The van der Waals surface area contributed by atoms with E-state index in [0.29, 0.717) is 21.4 Å². The lowest BCUT2D eigenvalue weighted by molar-refractivity contribution is 0.0690. The molecule has 4 nitrogen and oxygen atoms in total. The number of aromatic carboxylic acids is 1. The van der Waals surface area contributed by atoms with Crippen molar-refractivity contribution in [2.75, 3.05) is 0 Å². The lowest BCUT2D eigenvalue weighted by Crippen LogP contribution is -2.10. The smallest absolute Gasteiger partial charge is 0.354 e. The fourth-order valence-electron chi connectivity index (χ4n) is 2.25. The highest BCUT2D eigenvalue weighted by Gasteiger charge is 2.18. The van der Waals surface area contributed by atoms with Gasteiger partial charge in [-0.25, -0.2) is 9.78 Å². The Hall–Kier alpha value is -2.72. The molecule has 0 aliphatic carbocycles. The monoisotopic (exact) mass is 311 g/mol. The van der Waals surface area contributed by atoms with Gasteiger partial charge in [0.15, 0.2) is 0 Å². The summed E-state index contributed by atoms with van der Waals surface area (Å²) in [7, 11) is 0. The summed E-state index contributed by atoms with van der Waals surface area (Å²) >= 11 is 5.91. The van der Waals surface area contributed by atoms with E-state index in [1.807, 2.05) is 0 Å². The summed E-state index contributed by atoms with van der Waals surface area (Å²) in [6.07, 6.45) is 0. The number of aromatic nitrogens is 1. The molecule has 108 valence electrons. The van der Waals surface area contributed by atoms with E-state index in [1.54, 1.807) is 42.5 Å². The second-order valence-corrected chi connectivity index (χ2v) is 5.16. The van der Waals surface area contributed by atoms with Crippen LogP contribution in [0.2, 0.25) is 5.02 Å². The quantitative estimate of drug-likeness (QED) is 0.747. The van der Waals surface area contributed by atoms with Crippen molar-refractivity contribution >= 4 is 34.1 Å². The molecule has 0 fully saturated rings. The highest BCUT2D eigenvalue weighted by Crippen LogP contribution is 2.22. The number of benzene rings is 2. The van der Waals surface area contributed by atoms with Gasteiger partial charge in [-0.05, 0) is 23.6 Å². The molecule has 22 heavy (non-hydrogen) atoms. The van der Waals surface area contributed by atoms with Gasteiger partial charge in [0.05, 0.1) is 0 Å². The molecule has 1 heterocycles. The number of hydrogen-bond acceptors (Lipinski definition) is 3. The zero-order chi connectivity index (χ0) is 15.7. The molecule has 0 saturated carbocycles. The van der Waals surface area contributed by atoms with Crippen molar-refractivity contribution in [2.24, 2.45) is 0 Å². The lowest BCUT2D eigenvalue weighted by Gasteiger charge is -2.07. The fraction of sp³-hybridized carbons (Fsp3) is 0. The third-order valence-corrected chi connectivity index (χ3v) is 3.50. The number of pyridine rings is 1. The van der Waals surface area contributed by atoms with Gasteiger partial charge in [0, 0.05) is 16.0 Å². The summed E-state index contributed by atoms with van der Waals surface area (Å²) in [6.45, 7) is 0. The van der Waals surface area contributed by atoms with Crippen molar-refractivity contribution in [1.82, 2.24) is 4.98 Å². The topological polar surface area (TPSA) is 67.3 Å². The minimum Gasteiger partial charge on any atom is -0.477 e. The molecule has 2 aromatic carbocycles. The van der Waals surface area contributed by atoms with Crippen LogP contribution in [0, 0.1) is 0 Å². The zero-order valence-corrected chi connectivity index (χ0v) is 12.0. The Morgan fingerprint density at radius 2 is 1.77 bits per heavy atom. The minimum absolute atomic E-state index is 0.109. The molecule has 0 atom stereocenters. The molecule has 0 amide bonds. The highest BCUT2D eigenvalue weighted by molar-refractivity contribution is 6.31. The third-order valence-electron chi connectivity index (χ3n) is 3.26. The van der Waals surface area contributed by atoms with Crippen molar-refractivity contribution in [1.29, 1.82) is 0 Å². The Morgan fingerprint density at radius 1 is 1.00 bits per heavy atom. The van der Waals surface area contributed by atoms with Crippen LogP contribution in [0.15, 0.2) is 54.6 Å². The number of hydrogen-bond donors (Lipinski definition) is 1. The molecule has 3 aromatic rings. The van der Waals surface area contributed by atoms with Gasteiger partial charge < -0.3 is 5.11 Å². The average Bonchev–Trinajstić information content (AvgIpc) is 2.53. The summed E-state index contributed by atoms with van der Waals surface area (Å²) in [5, 5.41) is 10.9. The van der Waals surface area contributed by atoms with E-state index in [-0.39, 0.29) is 17.2 Å². The van der Waals surface area contributed by atoms with Crippen molar-refractivity contribution in [3.05, 3.63) is 76.6 Å². The van der Waals surface area contributed by atoms with Gasteiger partial charge in [-0.3, -0.25) is 4.79 Å². The van der Waals surface area contributed by atoms with Gasteiger partial charge in [-0.2, -0.15) is 0 Å². The second-order valence-electron chi connectivity index (χ2n) is 4.72. The Kier molecular flexibility index (Phi) is 3.61. The Morgan fingerprint density at radius 3 is 2.50 bits per heavy atom. The number of carbonyl (C=O) groups excluding carboxylic acids is 1. The number of carboxylic acids is 1. The number of carboxylic acid groups (broad SMARTS) is 1. The molecule has 0 bridgehead atoms. The average molecular weight is 312 g/mol. The maximum atomic E-state index is 12.7. The van der Waals surface area contributed by atoms with Crippen LogP contribution in [0.4, 0.5) is 0 Å². The first-order valence-electron chi connectivity index (χ1n) is 6.49. The maximum Gasteiger partial charge on any atom is 0.354 e. The van der Waals surface area contributed by atoms with Crippen LogP contribution in [-0.2, 0) is 0 Å². The molecule has 1 N–H and O–H groups in total. The SMILES string of the molecule is O=C(O)c1cc2ccccc2c(C(=O)c2cccc(Cl)c2)n1. The van der Waals surface area contributed by atoms with Crippen molar-refractivity contribution < 1.29 is 14.7 Å². The minimum atomic E-state index is -1.18. The van der Waals surface area contributed by atoms with Crippen molar-refractivity contribution in [3.8, 4) is 0 Å². The largest absolute Gasteiger partial charge is 0.477 e. The van der Waals surface area contributed by atoms with Gasteiger partial charge in [0.1, 0.15) is 11.4 Å². The van der Waals surface area contributed by atoms with E-state index in [9.17, 15) is 14.7 Å². The van der Waals surface area contributed by atoms with Crippen LogP contribution in [0.3, 0.4) is 0 Å². The molecular weight excluding hydrogens is 302 g/mol. The van der Waals surface area contributed by atoms with Crippen LogP contribution in [-0.4, -0.2) is 21.8 Å². The van der Waals surface area contributed by atoms with Crippen LogP contribution >= 0.6 is 11.6 Å². The first kappa shape index (κ1) is 14.2. The molecule has 1 aromatic heterocycles. The zero-order valence-electron chi connectivity index (χ0n) is 11.3. The standard InChI is InChI=1S/C17H10ClNO3/c18-12-6-3-5-11(8-12)16(20)15-13-7-2-1-4-10(13)9-14(19-15)17(21)22/h1-9H,(H,21,22). The number of rotatable bonds is 3. The molecule has 3 rings (SSSR count). The maximum absolute atomic E-state index is 12.7. The summed E-state index contributed by atoms with van der Waals surface area (Å²) in [5.41, 5.74) is 0.314. The van der Waals surface area contributed by atoms with Crippen LogP contribution in [0.5, 0.6) is 0 Å². The van der Waals surface area contributed by atoms with Crippen LogP contribution in [0.1, 0.15) is 26.5 Å². The lowest BCUT2D eigenvalue weighted by atomic mass is 10.0. The Bertz CT molecular complexity index is 905. The van der Waals surface area contributed by atoms with Gasteiger partial charge in [0.25, 0.3) is 0 Å². The predicted molar refractivity (Wildman–Crippen MR) is 83.6 cm³/mol. The number of fused-ring (bicyclic) bond motifs is 1. The van der Waals surface area contributed by atoms with E-state index >= 15 is 0 Å². The molecule has 0 unspecified atom stereocenters. The number of ketones is 1. The van der Waals surface area contributed by atoms with Gasteiger partial charge in [0.2, 0.25) is 5.78 Å². The summed E-state index contributed by atoms with van der Waals surface area (Å²) in [6, 6.07) is 15.0. The fourth-order valence-corrected chi connectivity index (χ4v) is 2.44. The molecule has 0 spiro atoms. The van der Waals surface area contributed by atoms with E-state index in [1.165, 1.54) is 12.1 Å². The van der Waals surface area contributed by atoms with Crippen molar-refractivity contribution in [2.45, 2.75) is 0 Å². The molecule has 0 saturated heterocycles. The van der Waals surface area contributed by atoms with Gasteiger partial charge in [-0.1, -0.05) is 48.0 Å². The van der Waals surface area contributed by atoms with Crippen molar-refractivity contribution in [3.63, 3.8) is 0 Å². The number of carbonyl (C=O) groups is 2. The Balaban J connectivity index is 2.24. The summed E-state index contributed by atoms with van der Waals surface area (Å²) < 4.78 is 0. The normalized spacial score (nSPS) is 10.6.